The van der Waals surface area contributed by atoms with E-state index in [1.165, 1.54) is 7.11 Å². The van der Waals surface area contributed by atoms with Gasteiger partial charge in [-0.25, -0.2) is 4.98 Å². The van der Waals surface area contributed by atoms with Crippen molar-refractivity contribution in [2.75, 3.05) is 24.4 Å². The molecule has 0 unspecified atom stereocenters. The predicted molar refractivity (Wildman–Crippen MR) is 116 cm³/mol. The van der Waals surface area contributed by atoms with Crippen molar-refractivity contribution in [3.63, 3.8) is 0 Å². The van der Waals surface area contributed by atoms with Gasteiger partial charge in [0.25, 0.3) is 5.91 Å². The number of hydrogen-bond acceptors (Lipinski definition) is 5. The SMILES string of the molecule is CCOc1ccc(Nc2cc(C(F)(F)F)ccc2C(=O)Nc2ccc(OC)nc2C)cc1. The summed E-state index contributed by atoms with van der Waals surface area (Å²) in [4.78, 5) is 17.1. The van der Waals surface area contributed by atoms with Gasteiger partial charge in [-0.2, -0.15) is 13.2 Å². The van der Waals surface area contributed by atoms with Gasteiger partial charge in [-0.1, -0.05) is 0 Å². The number of carbonyl (C=O) groups excluding carboxylic acids is 1. The zero-order valence-corrected chi connectivity index (χ0v) is 17.7. The van der Waals surface area contributed by atoms with E-state index in [0.717, 1.165) is 18.2 Å². The summed E-state index contributed by atoms with van der Waals surface area (Å²) >= 11 is 0. The molecule has 2 aromatic carbocycles. The van der Waals surface area contributed by atoms with E-state index in [9.17, 15) is 18.0 Å². The molecule has 0 saturated carbocycles. The number of anilines is 3. The van der Waals surface area contributed by atoms with E-state index in [1.54, 1.807) is 43.3 Å². The minimum absolute atomic E-state index is 0.0145. The van der Waals surface area contributed by atoms with Gasteiger partial charge in [0.05, 0.1) is 41.9 Å². The lowest BCUT2D eigenvalue weighted by Crippen LogP contribution is -2.16. The minimum Gasteiger partial charge on any atom is -0.494 e. The Morgan fingerprint density at radius 2 is 1.75 bits per heavy atom. The largest absolute Gasteiger partial charge is 0.494 e. The van der Waals surface area contributed by atoms with Crippen LogP contribution in [0.1, 0.15) is 28.5 Å². The average Bonchev–Trinajstić information content (AvgIpc) is 2.76. The molecule has 0 fully saturated rings. The number of ether oxygens (including phenoxy) is 2. The van der Waals surface area contributed by atoms with E-state index < -0.39 is 17.6 Å². The molecule has 1 aromatic heterocycles. The van der Waals surface area contributed by atoms with Crippen molar-refractivity contribution in [2.45, 2.75) is 20.0 Å². The van der Waals surface area contributed by atoms with Gasteiger partial charge in [-0.15, -0.1) is 0 Å². The maximum absolute atomic E-state index is 13.3. The van der Waals surface area contributed by atoms with Crippen LogP contribution >= 0.6 is 0 Å². The van der Waals surface area contributed by atoms with Gasteiger partial charge >= 0.3 is 6.18 Å². The number of hydrogen-bond donors (Lipinski definition) is 2. The Balaban J connectivity index is 1.92. The summed E-state index contributed by atoms with van der Waals surface area (Å²) in [6.45, 7) is 4.02. The van der Waals surface area contributed by atoms with Crippen molar-refractivity contribution >= 4 is 23.0 Å². The number of aryl methyl sites for hydroxylation is 1. The smallest absolute Gasteiger partial charge is 0.416 e. The molecule has 0 radical (unpaired) electrons. The fraction of sp³-hybridized carbons (Fsp3) is 0.217. The van der Waals surface area contributed by atoms with E-state index in [1.807, 2.05) is 6.92 Å². The first-order chi connectivity index (χ1) is 15.2. The highest BCUT2D eigenvalue weighted by molar-refractivity contribution is 6.08. The van der Waals surface area contributed by atoms with Crippen LogP contribution in [0.25, 0.3) is 0 Å². The van der Waals surface area contributed by atoms with E-state index in [4.69, 9.17) is 9.47 Å². The summed E-state index contributed by atoms with van der Waals surface area (Å²) in [6, 6.07) is 12.8. The van der Waals surface area contributed by atoms with Gasteiger partial charge in [-0.05, 0) is 62.4 Å². The van der Waals surface area contributed by atoms with Crippen LogP contribution < -0.4 is 20.1 Å². The zero-order valence-electron chi connectivity index (χ0n) is 17.7. The van der Waals surface area contributed by atoms with E-state index in [0.29, 0.717) is 35.3 Å². The number of benzene rings is 2. The highest BCUT2D eigenvalue weighted by atomic mass is 19.4. The monoisotopic (exact) mass is 445 g/mol. The molecule has 0 aliphatic rings. The lowest BCUT2D eigenvalue weighted by molar-refractivity contribution is -0.137. The van der Waals surface area contributed by atoms with Gasteiger partial charge in [0.2, 0.25) is 5.88 Å². The molecular weight excluding hydrogens is 423 g/mol. The lowest BCUT2D eigenvalue weighted by Gasteiger charge is -2.16. The molecule has 168 valence electrons. The summed E-state index contributed by atoms with van der Waals surface area (Å²) in [5, 5.41) is 5.59. The lowest BCUT2D eigenvalue weighted by atomic mass is 10.1. The van der Waals surface area contributed by atoms with Crippen molar-refractivity contribution in [1.29, 1.82) is 0 Å². The molecule has 1 heterocycles. The van der Waals surface area contributed by atoms with Crippen LogP contribution in [0.3, 0.4) is 0 Å². The van der Waals surface area contributed by atoms with Gasteiger partial charge in [0.15, 0.2) is 0 Å². The quantitative estimate of drug-likeness (QED) is 0.480. The zero-order chi connectivity index (χ0) is 23.3. The molecule has 0 bridgehead atoms. The molecule has 0 aliphatic carbocycles. The molecule has 6 nitrogen and oxygen atoms in total. The highest BCUT2D eigenvalue weighted by Crippen LogP contribution is 2.34. The second-order valence-electron chi connectivity index (χ2n) is 6.78. The number of alkyl halides is 3. The van der Waals surface area contributed by atoms with Crippen LogP contribution in [-0.4, -0.2) is 24.6 Å². The first kappa shape index (κ1) is 22.9. The number of carbonyl (C=O) groups is 1. The van der Waals surface area contributed by atoms with Crippen molar-refractivity contribution < 1.29 is 27.4 Å². The number of rotatable bonds is 7. The number of pyridine rings is 1. The third-order valence-electron chi connectivity index (χ3n) is 4.55. The normalized spacial score (nSPS) is 11.1. The number of aromatic nitrogens is 1. The van der Waals surface area contributed by atoms with Crippen molar-refractivity contribution in [1.82, 2.24) is 4.98 Å². The second kappa shape index (κ2) is 9.59. The molecule has 0 aliphatic heterocycles. The molecular formula is C23H22F3N3O3. The summed E-state index contributed by atoms with van der Waals surface area (Å²) in [7, 11) is 1.47. The van der Waals surface area contributed by atoms with Crippen molar-refractivity contribution in [3.8, 4) is 11.6 Å². The molecule has 32 heavy (non-hydrogen) atoms. The summed E-state index contributed by atoms with van der Waals surface area (Å²) in [5.74, 6) is 0.428. The maximum Gasteiger partial charge on any atom is 0.416 e. The fourth-order valence-electron chi connectivity index (χ4n) is 2.95. The fourth-order valence-corrected chi connectivity index (χ4v) is 2.95. The van der Waals surface area contributed by atoms with Gasteiger partial charge in [-0.3, -0.25) is 4.79 Å². The van der Waals surface area contributed by atoms with Gasteiger partial charge in [0, 0.05) is 11.8 Å². The molecule has 0 atom stereocenters. The van der Waals surface area contributed by atoms with E-state index >= 15 is 0 Å². The Hall–Kier alpha value is -3.75. The summed E-state index contributed by atoms with van der Waals surface area (Å²) in [6.07, 6.45) is -4.55. The Labute approximate surface area is 183 Å². The predicted octanol–water partition coefficient (Wildman–Crippen LogP) is 5.81. The van der Waals surface area contributed by atoms with Crippen LogP contribution in [0.4, 0.5) is 30.2 Å². The molecule has 3 aromatic rings. The average molecular weight is 445 g/mol. The molecule has 0 spiro atoms. The first-order valence-electron chi connectivity index (χ1n) is 9.75. The standard InChI is InChI=1S/C23H22F3N3O3/c1-4-32-17-8-6-16(7-9-17)28-20-13-15(23(24,25)26)5-10-18(20)22(30)29-19-11-12-21(31-3)27-14(19)2/h5-13,28H,4H2,1-3H3,(H,29,30). The first-order valence-corrected chi connectivity index (χ1v) is 9.75. The Morgan fingerprint density at radius 1 is 1.03 bits per heavy atom. The van der Waals surface area contributed by atoms with Crippen LogP contribution in [0.2, 0.25) is 0 Å². The van der Waals surface area contributed by atoms with Crippen LogP contribution in [0, 0.1) is 6.92 Å². The highest BCUT2D eigenvalue weighted by Gasteiger charge is 2.31. The second-order valence-corrected chi connectivity index (χ2v) is 6.78. The number of nitrogens with zero attached hydrogens (tertiary/aromatic N) is 1. The number of methoxy groups -OCH3 is 1. The summed E-state index contributed by atoms with van der Waals surface area (Å²) in [5.41, 5.74) is 0.616. The number of nitrogens with one attached hydrogen (secondary N) is 2. The molecule has 0 saturated heterocycles. The Bertz CT molecular complexity index is 1100. The molecule has 3 rings (SSSR count). The van der Waals surface area contributed by atoms with E-state index in [-0.39, 0.29) is 11.3 Å². The van der Waals surface area contributed by atoms with Gasteiger partial charge in [0.1, 0.15) is 5.75 Å². The topological polar surface area (TPSA) is 72.5 Å². The van der Waals surface area contributed by atoms with E-state index in [2.05, 4.69) is 15.6 Å². The van der Waals surface area contributed by atoms with Crippen LogP contribution in [-0.2, 0) is 6.18 Å². The Morgan fingerprint density at radius 3 is 2.34 bits per heavy atom. The minimum atomic E-state index is -4.55. The maximum atomic E-state index is 13.3. The van der Waals surface area contributed by atoms with Crippen LogP contribution in [0.5, 0.6) is 11.6 Å². The number of amides is 1. The third-order valence-corrected chi connectivity index (χ3v) is 4.55. The molecule has 9 heteroatoms. The molecule has 2 N–H and O–H groups in total. The summed E-state index contributed by atoms with van der Waals surface area (Å²) < 4.78 is 50.3. The Kier molecular flexibility index (Phi) is 6.87. The van der Waals surface area contributed by atoms with Crippen molar-refractivity contribution in [3.05, 3.63) is 71.4 Å². The van der Waals surface area contributed by atoms with Crippen molar-refractivity contribution in [2.24, 2.45) is 0 Å². The van der Waals surface area contributed by atoms with Crippen LogP contribution in [0.15, 0.2) is 54.6 Å². The third kappa shape index (κ3) is 5.48. The number of halogens is 3. The molecule has 1 amide bonds. The van der Waals surface area contributed by atoms with Gasteiger partial charge < -0.3 is 20.1 Å².